The Bertz CT molecular complexity index is 575. The van der Waals surface area contributed by atoms with Crippen molar-refractivity contribution in [3.05, 3.63) is 29.6 Å². The molecule has 0 saturated carbocycles. The van der Waals surface area contributed by atoms with Crippen molar-refractivity contribution in [3.8, 4) is 0 Å². The summed E-state index contributed by atoms with van der Waals surface area (Å²) in [6.07, 6.45) is 0.374. The van der Waals surface area contributed by atoms with Crippen LogP contribution in [0.2, 0.25) is 0 Å². The molecular weight excluding hydrogens is 273 g/mol. The number of likely N-dealkylation sites (tertiary alicyclic amines) is 1. The van der Waals surface area contributed by atoms with E-state index in [1.165, 1.54) is 4.90 Å². The summed E-state index contributed by atoms with van der Waals surface area (Å²) >= 11 is 0. The van der Waals surface area contributed by atoms with Gasteiger partial charge in [-0.2, -0.15) is 0 Å². The van der Waals surface area contributed by atoms with Crippen LogP contribution in [0.1, 0.15) is 16.8 Å². The molecule has 1 heterocycles. The van der Waals surface area contributed by atoms with Crippen LogP contribution in [-0.4, -0.2) is 44.9 Å². The van der Waals surface area contributed by atoms with E-state index < -0.39 is 27.8 Å². The third kappa shape index (κ3) is 2.51. The summed E-state index contributed by atoms with van der Waals surface area (Å²) in [7, 11) is -0.291. The summed E-state index contributed by atoms with van der Waals surface area (Å²) in [5.41, 5.74) is -0.149. The third-order valence-corrected chi connectivity index (χ3v) is 4.73. The topological polar surface area (TPSA) is 74.7 Å². The van der Waals surface area contributed by atoms with Crippen LogP contribution in [0.25, 0.3) is 0 Å². The van der Waals surface area contributed by atoms with Gasteiger partial charge in [0.2, 0.25) is 5.91 Å². The van der Waals surface area contributed by atoms with Gasteiger partial charge in [-0.3, -0.25) is 9.00 Å². The number of benzene rings is 1. The van der Waals surface area contributed by atoms with Crippen molar-refractivity contribution in [2.45, 2.75) is 16.6 Å². The number of amides is 1. The Labute approximate surface area is 111 Å². The Morgan fingerprint density at radius 1 is 1.53 bits per heavy atom. The number of rotatable bonds is 3. The zero-order valence-corrected chi connectivity index (χ0v) is 10.9. The van der Waals surface area contributed by atoms with E-state index in [4.69, 9.17) is 5.11 Å². The van der Waals surface area contributed by atoms with Gasteiger partial charge in [0.05, 0.1) is 21.3 Å². The maximum atomic E-state index is 13.7. The number of hydrogen-bond acceptors (Lipinski definition) is 3. The minimum atomic E-state index is -1.88. The van der Waals surface area contributed by atoms with E-state index in [2.05, 4.69) is 0 Å². The lowest BCUT2D eigenvalue weighted by molar-refractivity contribution is -0.126. The van der Waals surface area contributed by atoms with Crippen LogP contribution in [0.5, 0.6) is 0 Å². The van der Waals surface area contributed by atoms with Gasteiger partial charge in [-0.15, -0.1) is 0 Å². The van der Waals surface area contributed by atoms with E-state index in [0.717, 1.165) is 18.2 Å². The van der Waals surface area contributed by atoms with E-state index in [0.29, 0.717) is 13.0 Å². The molecule has 0 bridgehead atoms. The van der Waals surface area contributed by atoms with Gasteiger partial charge in [0.15, 0.2) is 0 Å². The molecule has 0 aliphatic carbocycles. The van der Waals surface area contributed by atoms with Crippen LogP contribution >= 0.6 is 0 Å². The first kappa shape index (κ1) is 13.7. The molecule has 1 aliphatic rings. The summed E-state index contributed by atoms with van der Waals surface area (Å²) in [6.45, 7) is 0.468. The summed E-state index contributed by atoms with van der Waals surface area (Å²) in [4.78, 5) is 23.8. The van der Waals surface area contributed by atoms with Gasteiger partial charge in [-0.05, 0) is 24.6 Å². The molecule has 2 rings (SSSR count). The Kier molecular flexibility index (Phi) is 3.66. The number of nitrogens with zero attached hydrogens (tertiary/aromatic N) is 1. The molecule has 1 amide bonds. The maximum absolute atomic E-state index is 13.7. The minimum absolute atomic E-state index is 0.149. The van der Waals surface area contributed by atoms with Crippen molar-refractivity contribution >= 4 is 22.7 Å². The molecule has 2 atom stereocenters. The summed E-state index contributed by atoms with van der Waals surface area (Å²) < 4.78 is 25.9. The fourth-order valence-electron chi connectivity index (χ4n) is 1.93. The van der Waals surface area contributed by atoms with Crippen LogP contribution in [0.15, 0.2) is 23.1 Å². The Hall–Kier alpha value is -1.76. The first-order chi connectivity index (χ1) is 8.91. The van der Waals surface area contributed by atoms with E-state index in [1.807, 2.05) is 0 Å². The van der Waals surface area contributed by atoms with E-state index >= 15 is 0 Å². The number of carbonyl (C=O) groups is 2. The predicted octanol–water partition coefficient (Wildman–Crippen LogP) is 0.862. The normalized spacial score (nSPS) is 20.6. The van der Waals surface area contributed by atoms with Crippen LogP contribution in [0, 0.1) is 5.82 Å². The molecule has 102 valence electrons. The third-order valence-electron chi connectivity index (χ3n) is 3.03. The molecule has 1 aliphatic heterocycles. The lowest BCUT2D eigenvalue weighted by atomic mass is 10.2. The van der Waals surface area contributed by atoms with Crippen molar-refractivity contribution in [3.63, 3.8) is 0 Å². The Morgan fingerprint density at radius 2 is 2.21 bits per heavy atom. The fraction of sp³-hybridized carbons (Fsp3) is 0.333. The Morgan fingerprint density at radius 3 is 2.74 bits per heavy atom. The Balaban J connectivity index is 2.36. The molecule has 2 unspecified atom stereocenters. The first-order valence-electron chi connectivity index (χ1n) is 5.60. The van der Waals surface area contributed by atoms with Gasteiger partial charge in [-0.1, -0.05) is 0 Å². The lowest BCUT2D eigenvalue weighted by Gasteiger charge is -2.11. The second-order valence-electron chi connectivity index (χ2n) is 4.28. The van der Waals surface area contributed by atoms with Crippen molar-refractivity contribution < 1.29 is 23.3 Å². The molecule has 0 radical (unpaired) electrons. The molecule has 0 aromatic heterocycles. The van der Waals surface area contributed by atoms with Crippen LogP contribution in [0.3, 0.4) is 0 Å². The quantitative estimate of drug-likeness (QED) is 0.894. The number of halogens is 1. The van der Waals surface area contributed by atoms with E-state index in [1.54, 1.807) is 7.05 Å². The van der Waals surface area contributed by atoms with Crippen LogP contribution in [-0.2, 0) is 15.6 Å². The first-order valence-corrected chi connectivity index (χ1v) is 6.81. The average Bonchev–Trinajstić information content (AvgIpc) is 2.69. The standard InChI is InChI=1S/C12H12FNO4S/c1-14-5-4-9(11(14)15)19(18)10-6-7(12(16)17)2-3-8(10)13/h2-3,6,9H,4-5H2,1H3,(H,16,17). The highest BCUT2D eigenvalue weighted by Gasteiger charge is 2.35. The average molecular weight is 285 g/mol. The highest BCUT2D eigenvalue weighted by Crippen LogP contribution is 2.23. The zero-order valence-electron chi connectivity index (χ0n) is 10.1. The highest BCUT2D eigenvalue weighted by molar-refractivity contribution is 7.86. The molecule has 1 N–H and O–H groups in total. The number of carbonyl (C=O) groups excluding carboxylic acids is 1. The summed E-state index contributed by atoms with van der Waals surface area (Å²) in [5, 5.41) is 8.04. The fourth-order valence-corrected chi connectivity index (χ4v) is 3.43. The molecule has 0 spiro atoms. The second-order valence-corrected chi connectivity index (χ2v) is 5.89. The van der Waals surface area contributed by atoms with Crippen LogP contribution < -0.4 is 0 Å². The van der Waals surface area contributed by atoms with Gasteiger partial charge < -0.3 is 10.0 Å². The molecular formula is C12H12FNO4S. The largest absolute Gasteiger partial charge is 0.478 e. The summed E-state index contributed by atoms with van der Waals surface area (Å²) in [5.74, 6) is -2.29. The molecule has 1 aromatic rings. The van der Waals surface area contributed by atoms with E-state index in [9.17, 15) is 18.2 Å². The molecule has 1 saturated heterocycles. The molecule has 5 nitrogen and oxygen atoms in total. The lowest BCUT2D eigenvalue weighted by Crippen LogP contribution is -2.29. The van der Waals surface area contributed by atoms with Gasteiger partial charge in [0.1, 0.15) is 11.1 Å². The molecule has 1 aromatic carbocycles. The van der Waals surface area contributed by atoms with Crippen LogP contribution in [0.4, 0.5) is 4.39 Å². The highest BCUT2D eigenvalue weighted by atomic mass is 32.2. The van der Waals surface area contributed by atoms with E-state index in [-0.39, 0.29) is 16.4 Å². The van der Waals surface area contributed by atoms with Crippen molar-refractivity contribution in [2.24, 2.45) is 0 Å². The summed E-state index contributed by atoms with van der Waals surface area (Å²) in [6, 6.07) is 3.08. The SMILES string of the molecule is CN1CCC(S(=O)c2cc(C(=O)O)ccc2F)C1=O. The smallest absolute Gasteiger partial charge is 0.335 e. The van der Waals surface area contributed by atoms with Gasteiger partial charge >= 0.3 is 5.97 Å². The zero-order chi connectivity index (χ0) is 14.2. The maximum Gasteiger partial charge on any atom is 0.335 e. The monoisotopic (exact) mass is 285 g/mol. The number of aromatic carboxylic acids is 1. The molecule has 19 heavy (non-hydrogen) atoms. The molecule has 7 heteroatoms. The van der Waals surface area contributed by atoms with Gasteiger partial charge in [-0.25, -0.2) is 9.18 Å². The number of carboxylic acids is 1. The van der Waals surface area contributed by atoms with Crippen molar-refractivity contribution in [2.75, 3.05) is 13.6 Å². The minimum Gasteiger partial charge on any atom is -0.478 e. The van der Waals surface area contributed by atoms with Gasteiger partial charge in [0.25, 0.3) is 0 Å². The van der Waals surface area contributed by atoms with Crippen molar-refractivity contribution in [1.29, 1.82) is 0 Å². The number of hydrogen-bond donors (Lipinski definition) is 1. The second kappa shape index (κ2) is 5.08. The predicted molar refractivity (Wildman–Crippen MR) is 65.8 cm³/mol. The van der Waals surface area contributed by atoms with Crippen molar-refractivity contribution in [1.82, 2.24) is 4.90 Å². The molecule has 1 fully saturated rings. The van der Waals surface area contributed by atoms with Gasteiger partial charge in [0, 0.05) is 13.6 Å². The number of carboxylic acid groups (broad SMARTS) is 1.